The number of rotatable bonds is 4. The summed E-state index contributed by atoms with van der Waals surface area (Å²) in [6, 6.07) is 11.3. The van der Waals surface area contributed by atoms with Crippen LogP contribution in [0.15, 0.2) is 36.4 Å². The maximum Gasteiger partial charge on any atom is 0.257 e. The van der Waals surface area contributed by atoms with Crippen LogP contribution < -0.4 is 10.6 Å². The number of amides is 1. The lowest BCUT2D eigenvalue weighted by Gasteiger charge is -2.13. The number of nitrogens with one attached hydrogen (secondary N) is 2. The molecule has 0 aliphatic heterocycles. The number of carbonyl (C=O) groups excluding carboxylic acids is 1. The molecule has 0 heterocycles. The van der Waals surface area contributed by atoms with Gasteiger partial charge >= 0.3 is 0 Å². The minimum absolute atomic E-state index is 0.165. The van der Waals surface area contributed by atoms with Crippen LogP contribution in [0.25, 0.3) is 0 Å². The van der Waals surface area contributed by atoms with Crippen molar-refractivity contribution in [2.45, 2.75) is 20.8 Å². The molecule has 0 spiro atoms. The highest BCUT2D eigenvalue weighted by molar-refractivity contribution is 6.34. The van der Waals surface area contributed by atoms with Gasteiger partial charge in [0.1, 0.15) is 0 Å². The van der Waals surface area contributed by atoms with Gasteiger partial charge in [-0.3, -0.25) is 4.79 Å². The SMILES string of the molecule is CCNc1ccc(C)cc1C(=O)Nc1cc(C)ccc1Cl. The van der Waals surface area contributed by atoms with E-state index in [1.54, 1.807) is 6.07 Å². The lowest BCUT2D eigenvalue weighted by Crippen LogP contribution is -2.15. The second-order valence-corrected chi connectivity index (χ2v) is 5.42. The highest BCUT2D eigenvalue weighted by Gasteiger charge is 2.13. The number of aryl methyl sites for hydroxylation is 2. The quantitative estimate of drug-likeness (QED) is 0.863. The number of carbonyl (C=O) groups is 1. The molecule has 0 bridgehead atoms. The van der Waals surface area contributed by atoms with Gasteiger partial charge < -0.3 is 10.6 Å². The molecule has 21 heavy (non-hydrogen) atoms. The van der Waals surface area contributed by atoms with E-state index in [4.69, 9.17) is 11.6 Å². The highest BCUT2D eigenvalue weighted by Crippen LogP contribution is 2.25. The molecule has 0 aromatic heterocycles. The summed E-state index contributed by atoms with van der Waals surface area (Å²) in [4.78, 5) is 12.5. The van der Waals surface area contributed by atoms with Crippen molar-refractivity contribution in [1.29, 1.82) is 0 Å². The Hall–Kier alpha value is -2.00. The van der Waals surface area contributed by atoms with Gasteiger partial charge in [-0.2, -0.15) is 0 Å². The number of benzene rings is 2. The van der Waals surface area contributed by atoms with E-state index in [2.05, 4.69) is 10.6 Å². The van der Waals surface area contributed by atoms with Crippen molar-refractivity contribution in [2.75, 3.05) is 17.2 Å². The van der Waals surface area contributed by atoms with Gasteiger partial charge in [0.15, 0.2) is 0 Å². The largest absolute Gasteiger partial charge is 0.385 e. The van der Waals surface area contributed by atoms with Crippen LogP contribution in [0.4, 0.5) is 11.4 Å². The third-order valence-corrected chi connectivity index (χ3v) is 3.49. The van der Waals surface area contributed by atoms with Gasteiger partial charge in [0, 0.05) is 12.2 Å². The van der Waals surface area contributed by atoms with Gasteiger partial charge in [0.05, 0.1) is 16.3 Å². The first-order valence-corrected chi connectivity index (χ1v) is 7.31. The van der Waals surface area contributed by atoms with Gasteiger partial charge in [0.25, 0.3) is 5.91 Å². The molecule has 0 saturated carbocycles. The van der Waals surface area contributed by atoms with Crippen LogP contribution in [0, 0.1) is 13.8 Å². The fourth-order valence-corrected chi connectivity index (χ4v) is 2.28. The fraction of sp³-hybridized carbons (Fsp3) is 0.235. The molecule has 1 amide bonds. The number of halogens is 1. The van der Waals surface area contributed by atoms with Crippen molar-refractivity contribution in [3.8, 4) is 0 Å². The van der Waals surface area contributed by atoms with Crippen molar-refractivity contribution in [3.63, 3.8) is 0 Å². The molecule has 2 aromatic carbocycles. The van der Waals surface area contributed by atoms with Crippen molar-refractivity contribution in [3.05, 3.63) is 58.1 Å². The van der Waals surface area contributed by atoms with Crippen molar-refractivity contribution < 1.29 is 4.79 Å². The minimum atomic E-state index is -0.165. The van der Waals surface area contributed by atoms with E-state index in [-0.39, 0.29) is 5.91 Å². The predicted molar refractivity (Wildman–Crippen MR) is 89.5 cm³/mol. The molecular formula is C17H19ClN2O. The number of hydrogen-bond donors (Lipinski definition) is 2. The van der Waals surface area contributed by atoms with Crippen LogP contribution in [-0.2, 0) is 0 Å². The smallest absolute Gasteiger partial charge is 0.257 e. The Labute approximate surface area is 130 Å². The van der Waals surface area contributed by atoms with E-state index in [1.807, 2.05) is 51.1 Å². The summed E-state index contributed by atoms with van der Waals surface area (Å²) >= 11 is 6.13. The lowest BCUT2D eigenvalue weighted by molar-refractivity contribution is 0.102. The van der Waals surface area contributed by atoms with Gasteiger partial charge in [-0.15, -0.1) is 0 Å². The van der Waals surface area contributed by atoms with Crippen molar-refractivity contribution >= 4 is 28.9 Å². The molecule has 4 heteroatoms. The third-order valence-electron chi connectivity index (χ3n) is 3.16. The second-order valence-electron chi connectivity index (χ2n) is 5.02. The van der Waals surface area contributed by atoms with Crippen molar-refractivity contribution in [1.82, 2.24) is 0 Å². The Bertz CT molecular complexity index is 668. The minimum Gasteiger partial charge on any atom is -0.385 e. The number of hydrogen-bond acceptors (Lipinski definition) is 2. The summed E-state index contributed by atoms with van der Waals surface area (Å²) in [6.07, 6.45) is 0. The monoisotopic (exact) mass is 302 g/mol. The molecule has 2 rings (SSSR count). The van der Waals surface area contributed by atoms with Gasteiger partial charge in [-0.05, 0) is 50.6 Å². The van der Waals surface area contributed by atoms with E-state index < -0.39 is 0 Å². The number of anilines is 2. The first kappa shape index (κ1) is 15.4. The Morgan fingerprint density at radius 1 is 1.05 bits per heavy atom. The molecule has 2 N–H and O–H groups in total. The van der Waals surface area contributed by atoms with E-state index in [1.165, 1.54) is 0 Å². The molecule has 0 saturated heterocycles. The van der Waals surface area contributed by atoms with Crippen molar-refractivity contribution in [2.24, 2.45) is 0 Å². The molecule has 2 aromatic rings. The average Bonchev–Trinajstić information content (AvgIpc) is 2.45. The zero-order chi connectivity index (χ0) is 15.4. The summed E-state index contributed by atoms with van der Waals surface area (Å²) in [7, 11) is 0. The van der Waals surface area contributed by atoms with Crippen LogP contribution in [0.1, 0.15) is 28.4 Å². The molecule has 110 valence electrons. The maximum absolute atomic E-state index is 12.5. The van der Waals surface area contributed by atoms with E-state index in [9.17, 15) is 4.79 Å². The molecule has 0 fully saturated rings. The Balaban J connectivity index is 2.31. The first-order chi connectivity index (χ1) is 10.0. The molecule has 0 atom stereocenters. The molecule has 3 nitrogen and oxygen atoms in total. The predicted octanol–water partition coefficient (Wildman–Crippen LogP) is 4.64. The molecular weight excluding hydrogens is 284 g/mol. The first-order valence-electron chi connectivity index (χ1n) is 6.93. The Morgan fingerprint density at radius 2 is 1.71 bits per heavy atom. The lowest BCUT2D eigenvalue weighted by atomic mass is 10.1. The van der Waals surface area contributed by atoms with Gasteiger partial charge in [-0.25, -0.2) is 0 Å². The highest BCUT2D eigenvalue weighted by atomic mass is 35.5. The Kier molecular flexibility index (Phi) is 4.86. The summed E-state index contributed by atoms with van der Waals surface area (Å²) in [5, 5.41) is 6.62. The fourth-order valence-electron chi connectivity index (χ4n) is 2.12. The standard InChI is InChI=1S/C17H19ClN2O/c1-4-19-15-8-6-11(2)9-13(15)17(21)20-16-10-12(3)5-7-14(16)18/h5-10,19H,4H2,1-3H3,(H,20,21). The van der Waals surface area contributed by atoms with E-state index >= 15 is 0 Å². The molecule has 0 radical (unpaired) electrons. The van der Waals surface area contributed by atoms with E-state index in [0.717, 1.165) is 23.4 Å². The normalized spacial score (nSPS) is 10.3. The zero-order valence-corrected chi connectivity index (χ0v) is 13.2. The summed E-state index contributed by atoms with van der Waals surface area (Å²) in [6.45, 7) is 6.68. The second kappa shape index (κ2) is 6.64. The zero-order valence-electron chi connectivity index (χ0n) is 12.5. The summed E-state index contributed by atoms with van der Waals surface area (Å²) in [5.41, 5.74) is 4.16. The topological polar surface area (TPSA) is 41.1 Å². The molecule has 0 aliphatic carbocycles. The third kappa shape index (κ3) is 3.76. The van der Waals surface area contributed by atoms with Gasteiger partial charge in [-0.1, -0.05) is 29.3 Å². The Morgan fingerprint density at radius 3 is 2.43 bits per heavy atom. The summed E-state index contributed by atoms with van der Waals surface area (Å²) < 4.78 is 0. The maximum atomic E-state index is 12.5. The van der Waals surface area contributed by atoms with Crippen LogP contribution >= 0.6 is 11.6 Å². The molecule has 0 unspecified atom stereocenters. The van der Waals surface area contributed by atoms with Crippen LogP contribution in [-0.4, -0.2) is 12.5 Å². The average molecular weight is 303 g/mol. The van der Waals surface area contributed by atoms with Crippen LogP contribution in [0.5, 0.6) is 0 Å². The van der Waals surface area contributed by atoms with E-state index in [0.29, 0.717) is 16.3 Å². The van der Waals surface area contributed by atoms with Crippen LogP contribution in [0.3, 0.4) is 0 Å². The summed E-state index contributed by atoms with van der Waals surface area (Å²) in [5.74, 6) is -0.165. The van der Waals surface area contributed by atoms with Crippen LogP contribution in [0.2, 0.25) is 5.02 Å². The van der Waals surface area contributed by atoms with Gasteiger partial charge in [0.2, 0.25) is 0 Å². The molecule has 0 aliphatic rings.